The van der Waals surface area contributed by atoms with Gasteiger partial charge in [-0.25, -0.2) is 0 Å². The number of nitro benzene ring substituents is 4. The molecule has 2 aromatic carbocycles. The van der Waals surface area contributed by atoms with E-state index in [9.17, 15) is 40.5 Å². The zero-order chi connectivity index (χ0) is 45.2. The number of methoxy groups -OCH3 is 4. The highest BCUT2D eigenvalue weighted by atomic mass is 16.8. The third kappa shape index (κ3) is 10.5. The lowest BCUT2D eigenvalue weighted by Crippen LogP contribution is -2.66. The second kappa shape index (κ2) is 19.5. The molecule has 0 spiro atoms. The van der Waals surface area contributed by atoms with Gasteiger partial charge in [0, 0.05) is 53.4 Å². The van der Waals surface area contributed by atoms with Crippen LogP contribution in [0.4, 0.5) is 34.1 Å². The first kappa shape index (κ1) is 48.5. The molecule has 2 saturated heterocycles. The van der Waals surface area contributed by atoms with Gasteiger partial charge in [0.2, 0.25) is 23.1 Å². The van der Waals surface area contributed by atoms with Crippen molar-refractivity contribution in [3.63, 3.8) is 0 Å². The van der Waals surface area contributed by atoms with E-state index in [0.717, 1.165) is 24.3 Å². The summed E-state index contributed by atoms with van der Waals surface area (Å²) in [7, 11) is 5.81. The van der Waals surface area contributed by atoms with Crippen molar-refractivity contribution in [3.05, 3.63) is 102 Å². The zero-order valence-corrected chi connectivity index (χ0v) is 34.2. The van der Waals surface area contributed by atoms with Gasteiger partial charge in [-0.15, -0.1) is 13.2 Å². The standard InChI is InChI=1S/2C18H24N4O8/c2*1-6-9-18(12-29-16(2,27-4)17(3,28-5)30-18)11-19-20-14-8-7-13(21(23)24)10-15(14)22(25)26/h2*6-8,10-11,20H,1,9,12H2,2-5H3/b2*19-11+/t2*16-,17-,18+/m00/s1. The van der Waals surface area contributed by atoms with Gasteiger partial charge in [0.15, 0.2) is 0 Å². The Morgan fingerprint density at radius 3 is 1.22 bits per heavy atom. The maximum Gasteiger partial charge on any atom is 0.301 e. The van der Waals surface area contributed by atoms with Crippen LogP contribution >= 0.6 is 0 Å². The molecule has 0 amide bonds. The summed E-state index contributed by atoms with van der Waals surface area (Å²) in [5.74, 6) is -4.97. The lowest BCUT2D eigenvalue weighted by Gasteiger charge is -2.52. The van der Waals surface area contributed by atoms with Gasteiger partial charge >= 0.3 is 11.4 Å². The van der Waals surface area contributed by atoms with E-state index in [1.165, 1.54) is 53.0 Å². The quantitative estimate of drug-likeness (QED) is 0.0755. The average molecular weight is 849 g/mol. The second-order valence-corrected chi connectivity index (χ2v) is 13.7. The number of nitrogens with zero attached hydrogens (tertiary/aromatic N) is 6. The van der Waals surface area contributed by atoms with Crippen LogP contribution in [0.15, 0.2) is 71.9 Å². The van der Waals surface area contributed by atoms with E-state index in [0.29, 0.717) is 12.8 Å². The molecule has 0 radical (unpaired) electrons. The smallest absolute Gasteiger partial charge is 0.301 e. The Balaban J connectivity index is 0.000000320. The van der Waals surface area contributed by atoms with Crippen molar-refractivity contribution in [3.8, 4) is 0 Å². The summed E-state index contributed by atoms with van der Waals surface area (Å²) in [6.07, 6.45) is 6.56. The van der Waals surface area contributed by atoms with Crippen molar-refractivity contribution in [2.24, 2.45) is 10.2 Å². The average Bonchev–Trinajstić information content (AvgIpc) is 3.21. The third-order valence-corrected chi connectivity index (χ3v) is 9.91. The number of anilines is 2. The Morgan fingerprint density at radius 2 is 0.950 bits per heavy atom. The molecule has 24 nitrogen and oxygen atoms in total. The first-order valence-corrected chi connectivity index (χ1v) is 17.7. The highest BCUT2D eigenvalue weighted by Crippen LogP contribution is 2.43. The summed E-state index contributed by atoms with van der Waals surface area (Å²) in [4.78, 5) is 41.3. The molecule has 24 heteroatoms. The number of non-ortho nitro benzene ring substituents is 2. The third-order valence-electron chi connectivity index (χ3n) is 9.91. The predicted molar refractivity (Wildman–Crippen MR) is 215 cm³/mol. The summed E-state index contributed by atoms with van der Waals surface area (Å²) in [6, 6.07) is 6.38. The van der Waals surface area contributed by atoms with Crippen molar-refractivity contribution < 1.29 is 57.6 Å². The van der Waals surface area contributed by atoms with Crippen LogP contribution in [0, 0.1) is 40.5 Å². The summed E-state index contributed by atoms with van der Waals surface area (Å²) >= 11 is 0. The molecule has 0 saturated carbocycles. The van der Waals surface area contributed by atoms with Gasteiger partial charge in [-0.1, -0.05) is 12.2 Å². The minimum atomic E-state index is -1.30. The maximum atomic E-state index is 11.3. The zero-order valence-electron chi connectivity index (χ0n) is 34.2. The minimum Gasteiger partial charge on any atom is -0.349 e. The molecule has 60 heavy (non-hydrogen) atoms. The molecule has 6 atom stereocenters. The highest BCUT2D eigenvalue weighted by Gasteiger charge is 2.58. The molecule has 2 heterocycles. The van der Waals surface area contributed by atoms with Crippen LogP contribution in [0.3, 0.4) is 0 Å². The van der Waals surface area contributed by atoms with E-state index in [4.69, 9.17) is 37.9 Å². The fourth-order valence-electron chi connectivity index (χ4n) is 5.86. The van der Waals surface area contributed by atoms with E-state index in [2.05, 4.69) is 34.2 Å². The van der Waals surface area contributed by atoms with Crippen LogP contribution < -0.4 is 10.9 Å². The molecule has 2 fully saturated rings. The highest BCUT2D eigenvalue weighted by molar-refractivity contribution is 5.74. The van der Waals surface area contributed by atoms with Gasteiger partial charge in [0.05, 0.1) is 57.5 Å². The topological polar surface area (TPSA) is 295 Å². The summed E-state index contributed by atoms with van der Waals surface area (Å²) in [6.45, 7) is 14.1. The molecule has 328 valence electrons. The van der Waals surface area contributed by atoms with E-state index >= 15 is 0 Å². The number of benzene rings is 2. The largest absolute Gasteiger partial charge is 0.349 e. The lowest BCUT2D eigenvalue weighted by atomic mass is 9.96. The van der Waals surface area contributed by atoms with Crippen LogP contribution in [0.5, 0.6) is 0 Å². The number of hydrogen-bond acceptors (Lipinski definition) is 20. The van der Waals surface area contributed by atoms with Crippen molar-refractivity contribution in [2.75, 3.05) is 52.5 Å². The summed E-state index contributed by atoms with van der Waals surface area (Å²) < 4.78 is 45.9. The second-order valence-electron chi connectivity index (χ2n) is 13.7. The number of hydrazone groups is 2. The fourth-order valence-corrected chi connectivity index (χ4v) is 5.86. The molecule has 2 aromatic rings. The van der Waals surface area contributed by atoms with E-state index in [-0.39, 0.29) is 24.6 Å². The number of hydrogen-bond donors (Lipinski definition) is 2. The van der Waals surface area contributed by atoms with Gasteiger partial charge in [-0.05, 0) is 39.8 Å². The van der Waals surface area contributed by atoms with Crippen molar-refractivity contribution >= 4 is 46.6 Å². The van der Waals surface area contributed by atoms with Crippen molar-refractivity contribution in [2.45, 2.75) is 74.9 Å². The predicted octanol–water partition coefficient (Wildman–Crippen LogP) is 5.98. The van der Waals surface area contributed by atoms with Crippen LogP contribution in [0.25, 0.3) is 0 Å². The number of rotatable bonds is 18. The van der Waals surface area contributed by atoms with Crippen LogP contribution in [0.1, 0.15) is 40.5 Å². The van der Waals surface area contributed by atoms with Crippen LogP contribution in [-0.2, 0) is 37.9 Å². The number of ether oxygens (including phenoxy) is 8. The minimum absolute atomic E-state index is 0.0245. The van der Waals surface area contributed by atoms with Gasteiger partial charge < -0.3 is 37.9 Å². The van der Waals surface area contributed by atoms with E-state index < -0.39 is 76.8 Å². The Bertz CT molecular complexity index is 1860. The molecule has 0 aliphatic carbocycles. The number of nitrogens with one attached hydrogen (secondary N) is 2. The van der Waals surface area contributed by atoms with Crippen molar-refractivity contribution in [1.82, 2.24) is 0 Å². The molecule has 2 aliphatic rings. The Labute approximate surface area is 343 Å². The summed E-state index contributed by atoms with van der Waals surface area (Å²) in [5, 5.41) is 52.3. The summed E-state index contributed by atoms with van der Waals surface area (Å²) in [5.41, 5.74) is 1.02. The molecule has 0 bridgehead atoms. The molecule has 2 N–H and O–H groups in total. The van der Waals surface area contributed by atoms with Crippen LogP contribution in [0.2, 0.25) is 0 Å². The normalized spacial score (nSPS) is 28.9. The molecule has 0 aromatic heterocycles. The first-order chi connectivity index (χ1) is 28.1. The molecular formula is C36H48N8O16. The van der Waals surface area contributed by atoms with Gasteiger partial charge in [0.25, 0.3) is 11.4 Å². The number of nitro groups is 4. The Morgan fingerprint density at radius 1 is 0.617 bits per heavy atom. The SMILES string of the molecule is C=CC[C@@]1(/C=N/Nc2ccc([N+](=O)[O-])cc2[N+](=O)[O-])CO[C@](C)(OC)[C@@](C)(OC)O1.C=CC[C@@]1(/C=N/Nc2ccc([N+](=O)[O-])cc2[N+](=O)[O-])CO[C@](C)(OC)[C@@](C)(OC)O1. The fraction of sp³-hybridized carbons (Fsp3) is 0.500. The van der Waals surface area contributed by atoms with Gasteiger partial charge in [0.1, 0.15) is 22.6 Å². The van der Waals surface area contributed by atoms with E-state index in [1.807, 2.05) is 0 Å². The Hall–Kier alpha value is -5.86. The maximum absolute atomic E-state index is 11.3. The molecule has 0 unspecified atom stereocenters. The van der Waals surface area contributed by atoms with Crippen LogP contribution in [-0.4, -0.2) is 108 Å². The lowest BCUT2D eigenvalue weighted by molar-refractivity contribution is -0.440. The van der Waals surface area contributed by atoms with Crippen molar-refractivity contribution in [1.29, 1.82) is 0 Å². The molecule has 4 rings (SSSR count). The molecule has 2 aliphatic heterocycles. The molecular weight excluding hydrogens is 800 g/mol. The monoisotopic (exact) mass is 848 g/mol. The van der Waals surface area contributed by atoms with E-state index in [1.54, 1.807) is 39.8 Å². The first-order valence-electron chi connectivity index (χ1n) is 17.7. The Kier molecular flexibility index (Phi) is 15.7. The van der Waals surface area contributed by atoms with Gasteiger partial charge in [-0.3, -0.25) is 51.3 Å². The van der Waals surface area contributed by atoms with Gasteiger partial charge in [-0.2, -0.15) is 10.2 Å².